The van der Waals surface area contributed by atoms with Crippen LogP contribution in [0.2, 0.25) is 0 Å². The molecule has 0 aliphatic carbocycles. The largest absolute Gasteiger partial charge is 0.490 e. The molecule has 0 aromatic heterocycles. The number of benzene rings is 1. The molecule has 0 spiro atoms. The zero-order valence-corrected chi connectivity index (χ0v) is 7.78. The summed E-state index contributed by atoms with van der Waals surface area (Å²) >= 11 is 0. The van der Waals surface area contributed by atoms with E-state index in [0.717, 1.165) is 24.6 Å². The maximum atomic E-state index is 5.44. The predicted octanol–water partition coefficient (Wildman–Crippen LogP) is 2.22. The lowest BCUT2D eigenvalue weighted by atomic mass is 10.1. The second-order valence-electron chi connectivity index (χ2n) is 2.72. The lowest BCUT2D eigenvalue weighted by molar-refractivity contribution is 0.323. The van der Waals surface area contributed by atoms with E-state index in [4.69, 9.17) is 4.74 Å². The molecule has 0 amide bonds. The van der Waals surface area contributed by atoms with Gasteiger partial charge in [-0.1, -0.05) is 12.1 Å². The molecule has 0 atom stereocenters. The molecule has 0 fully saturated rings. The molecule has 66 valence electrons. The van der Waals surface area contributed by atoms with Gasteiger partial charge in [0, 0.05) is 6.54 Å². The van der Waals surface area contributed by atoms with Gasteiger partial charge in [0.25, 0.3) is 0 Å². The highest BCUT2D eigenvalue weighted by Gasteiger charge is 2.09. The van der Waals surface area contributed by atoms with Crippen LogP contribution in [0.5, 0.6) is 5.75 Å². The van der Waals surface area contributed by atoms with Crippen molar-refractivity contribution in [3.05, 3.63) is 23.8 Å². The Morgan fingerprint density at radius 2 is 2.25 bits per heavy atom. The van der Waals surface area contributed by atoms with Crippen molar-refractivity contribution in [1.29, 1.82) is 0 Å². The van der Waals surface area contributed by atoms with Gasteiger partial charge in [0.05, 0.1) is 5.69 Å². The van der Waals surface area contributed by atoms with E-state index >= 15 is 0 Å². The monoisotopic (exact) mass is 185 g/mol. The summed E-state index contributed by atoms with van der Waals surface area (Å²) in [6.45, 7) is 3.77. The minimum atomic E-state index is 0. The van der Waals surface area contributed by atoms with Crippen LogP contribution in [0.15, 0.2) is 18.2 Å². The van der Waals surface area contributed by atoms with Gasteiger partial charge in [-0.25, -0.2) is 0 Å². The summed E-state index contributed by atoms with van der Waals surface area (Å²) in [5.74, 6) is 0.983. The highest BCUT2D eigenvalue weighted by Crippen LogP contribution is 2.29. The first-order valence-electron chi connectivity index (χ1n) is 3.84. The van der Waals surface area contributed by atoms with Gasteiger partial charge in [-0.05, 0) is 18.6 Å². The van der Waals surface area contributed by atoms with Crippen molar-refractivity contribution in [3.63, 3.8) is 0 Å². The Morgan fingerprint density at radius 3 is 3.00 bits per heavy atom. The minimum absolute atomic E-state index is 0. The second kappa shape index (κ2) is 3.68. The lowest BCUT2D eigenvalue weighted by Crippen LogP contribution is -2.18. The van der Waals surface area contributed by atoms with Crippen molar-refractivity contribution < 1.29 is 4.74 Å². The third-order valence-electron chi connectivity index (χ3n) is 1.90. The number of fused-ring (bicyclic) bond motifs is 1. The van der Waals surface area contributed by atoms with Crippen molar-refractivity contribution in [3.8, 4) is 5.75 Å². The van der Waals surface area contributed by atoms with E-state index in [1.807, 2.05) is 12.1 Å². The van der Waals surface area contributed by atoms with Crippen LogP contribution in [0.4, 0.5) is 5.69 Å². The maximum Gasteiger partial charge on any atom is 0.142 e. The van der Waals surface area contributed by atoms with Gasteiger partial charge >= 0.3 is 0 Å². The summed E-state index contributed by atoms with van der Waals surface area (Å²) < 4.78 is 5.44. The van der Waals surface area contributed by atoms with E-state index in [-0.39, 0.29) is 12.4 Å². The average molecular weight is 186 g/mol. The fourth-order valence-corrected chi connectivity index (χ4v) is 1.32. The molecule has 1 aliphatic heterocycles. The first-order valence-corrected chi connectivity index (χ1v) is 3.84. The number of aryl methyl sites for hydroxylation is 1. The Labute approximate surface area is 78.3 Å². The maximum absolute atomic E-state index is 5.44. The smallest absolute Gasteiger partial charge is 0.142 e. The van der Waals surface area contributed by atoms with Crippen molar-refractivity contribution in [1.82, 2.24) is 0 Å². The minimum Gasteiger partial charge on any atom is -0.490 e. The standard InChI is InChI=1S/C9H11NO.ClH/c1-7-3-2-4-8-9(7)10-5-6-11-8;/h2-4,10H,5-6H2,1H3;1H. The Balaban J connectivity index is 0.000000720. The van der Waals surface area contributed by atoms with Gasteiger partial charge in [0.1, 0.15) is 12.4 Å². The summed E-state index contributed by atoms with van der Waals surface area (Å²) in [4.78, 5) is 0. The van der Waals surface area contributed by atoms with Crippen molar-refractivity contribution in [2.45, 2.75) is 6.92 Å². The average Bonchev–Trinajstić information content (AvgIpc) is 2.06. The van der Waals surface area contributed by atoms with Gasteiger partial charge in [-0.3, -0.25) is 0 Å². The fourth-order valence-electron chi connectivity index (χ4n) is 1.32. The Bertz CT molecular complexity index is 275. The molecule has 12 heavy (non-hydrogen) atoms. The van der Waals surface area contributed by atoms with Crippen molar-refractivity contribution in [2.75, 3.05) is 18.5 Å². The highest BCUT2D eigenvalue weighted by atomic mass is 35.5. The Morgan fingerprint density at radius 1 is 1.42 bits per heavy atom. The quantitative estimate of drug-likeness (QED) is 0.669. The predicted molar refractivity (Wildman–Crippen MR) is 52.4 cm³/mol. The molecule has 3 heteroatoms. The van der Waals surface area contributed by atoms with Crippen molar-refractivity contribution in [2.24, 2.45) is 0 Å². The van der Waals surface area contributed by atoms with E-state index in [1.165, 1.54) is 5.56 Å². The van der Waals surface area contributed by atoms with Crippen LogP contribution in [-0.4, -0.2) is 13.2 Å². The molecule has 0 saturated heterocycles. The summed E-state index contributed by atoms with van der Waals surface area (Å²) in [6.07, 6.45) is 0. The first kappa shape index (κ1) is 9.20. The molecule has 1 aliphatic rings. The second-order valence-corrected chi connectivity index (χ2v) is 2.72. The molecule has 1 N–H and O–H groups in total. The molecule has 2 nitrogen and oxygen atoms in total. The Hall–Kier alpha value is -0.890. The zero-order valence-electron chi connectivity index (χ0n) is 6.96. The van der Waals surface area contributed by atoms with Crippen LogP contribution in [0.3, 0.4) is 0 Å². The van der Waals surface area contributed by atoms with E-state index < -0.39 is 0 Å². The summed E-state index contributed by atoms with van der Waals surface area (Å²) in [5.41, 5.74) is 2.40. The number of nitrogens with one attached hydrogen (secondary N) is 1. The van der Waals surface area contributed by atoms with E-state index in [1.54, 1.807) is 0 Å². The van der Waals surface area contributed by atoms with E-state index in [0.29, 0.717) is 0 Å². The number of hydrogen-bond acceptors (Lipinski definition) is 2. The number of anilines is 1. The molecule has 1 heterocycles. The molecule has 0 saturated carbocycles. The number of para-hydroxylation sites is 1. The van der Waals surface area contributed by atoms with Crippen LogP contribution >= 0.6 is 12.4 Å². The van der Waals surface area contributed by atoms with E-state index in [9.17, 15) is 0 Å². The van der Waals surface area contributed by atoms with Gasteiger partial charge in [0.2, 0.25) is 0 Å². The molecule has 1 aromatic rings. The summed E-state index contributed by atoms with van der Waals surface area (Å²) in [7, 11) is 0. The lowest BCUT2D eigenvalue weighted by Gasteiger charge is -2.20. The van der Waals surface area contributed by atoms with Gasteiger partial charge in [0.15, 0.2) is 0 Å². The number of hydrogen-bond donors (Lipinski definition) is 1. The summed E-state index contributed by atoms with van der Waals surface area (Å²) in [5, 5.41) is 3.31. The van der Waals surface area contributed by atoms with Crippen LogP contribution in [0.1, 0.15) is 5.56 Å². The number of rotatable bonds is 0. The molecule has 0 bridgehead atoms. The SMILES string of the molecule is Cc1cccc2c1NCCO2.Cl. The summed E-state index contributed by atoms with van der Waals surface area (Å²) in [6, 6.07) is 6.09. The first-order chi connectivity index (χ1) is 5.38. The molecular formula is C9H12ClNO. The van der Waals surface area contributed by atoms with Gasteiger partial charge < -0.3 is 10.1 Å². The third kappa shape index (κ3) is 1.48. The molecular weight excluding hydrogens is 174 g/mol. The van der Waals surface area contributed by atoms with Crippen LogP contribution in [-0.2, 0) is 0 Å². The molecule has 0 unspecified atom stereocenters. The third-order valence-corrected chi connectivity index (χ3v) is 1.90. The number of ether oxygens (including phenoxy) is 1. The van der Waals surface area contributed by atoms with Gasteiger partial charge in [-0.2, -0.15) is 0 Å². The zero-order chi connectivity index (χ0) is 7.68. The van der Waals surface area contributed by atoms with Gasteiger partial charge in [-0.15, -0.1) is 12.4 Å². The normalized spacial score (nSPS) is 13.4. The molecule has 2 rings (SSSR count). The van der Waals surface area contributed by atoms with E-state index in [2.05, 4.69) is 18.3 Å². The van der Waals surface area contributed by atoms with Crippen LogP contribution in [0, 0.1) is 6.92 Å². The Kier molecular flexibility index (Phi) is 2.82. The number of halogens is 1. The van der Waals surface area contributed by atoms with Crippen molar-refractivity contribution >= 4 is 18.1 Å². The highest BCUT2D eigenvalue weighted by molar-refractivity contribution is 5.85. The molecule has 1 aromatic carbocycles. The van der Waals surface area contributed by atoms with Crippen LogP contribution in [0.25, 0.3) is 0 Å². The van der Waals surface area contributed by atoms with Crippen LogP contribution < -0.4 is 10.1 Å². The fraction of sp³-hybridized carbons (Fsp3) is 0.333. The molecule has 0 radical (unpaired) electrons. The topological polar surface area (TPSA) is 21.3 Å².